The SMILES string of the molecule is CCC(C)N(C)CCNS(=O)(=O)c1cccc(Cl)c1C. The number of nitrogens with zero attached hydrogens (tertiary/aromatic N) is 1. The lowest BCUT2D eigenvalue weighted by Crippen LogP contribution is -2.37. The van der Waals surface area contributed by atoms with Crippen LogP contribution in [0.4, 0.5) is 0 Å². The van der Waals surface area contributed by atoms with Gasteiger partial charge in [0.05, 0.1) is 4.90 Å². The zero-order chi connectivity index (χ0) is 15.3. The van der Waals surface area contributed by atoms with Crippen LogP contribution >= 0.6 is 11.6 Å². The van der Waals surface area contributed by atoms with Gasteiger partial charge >= 0.3 is 0 Å². The lowest BCUT2D eigenvalue weighted by Gasteiger charge is -2.23. The Labute approximate surface area is 127 Å². The topological polar surface area (TPSA) is 49.4 Å². The highest BCUT2D eigenvalue weighted by molar-refractivity contribution is 7.89. The molecule has 1 unspecified atom stereocenters. The standard InChI is InChI=1S/C14H23ClN2O2S/c1-5-11(2)17(4)10-9-16-20(18,19)14-8-6-7-13(15)12(14)3/h6-8,11,16H,5,9-10H2,1-4H3. The van der Waals surface area contributed by atoms with E-state index in [2.05, 4.69) is 23.5 Å². The molecule has 20 heavy (non-hydrogen) atoms. The van der Waals surface area contributed by atoms with E-state index in [0.29, 0.717) is 29.7 Å². The van der Waals surface area contributed by atoms with Gasteiger partial charge in [-0.1, -0.05) is 24.6 Å². The van der Waals surface area contributed by atoms with Gasteiger partial charge in [-0.25, -0.2) is 13.1 Å². The van der Waals surface area contributed by atoms with Gasteiger partial charge in [-0.05, 0) is 45.0 Å². The number of halogens is 1. The van der Waals surface area contributed by atoms with E-state index in [9.17, 15) is 8.42 Å². The van der Waals surface area contributed by atoms with Gasteiger partial charge < -0.3 is 4.90 Å². The molecule has 0 bridgehead atoms. The molecule has 0 aliphatic rings. The van der Waals surface area contributed by atoms with E-state index in [1.165, 1.54) is 0 Å². The minimum Gasteiger partial charge on any atom is -0.302 e. The third-order valence-corrected chi connectivity index (χ3v) is 5.62. The van der Waals surface area contributed by atoms with Crippen molar-refractivity contribution in [3.05, 3.63) is 28.8 Å². The number of nitrogens with one attached hydrogen (secondary N) is 1. The fourth-order valence-corrected chi connectivity index (χ4v) is 3.36. The highest BCUT2D eigenvalue weighted by Crippen LogP contribution is 2.22. The molecule has 0 fully saturated rings. The first-order chi connectivity index (χ1) is 9.29. The molecular formula is C14H23ClN2O2S. The van der Waals surface area contributed by atoms with E-state index in [0.717, 1.165) is 6.42 Å². The summed E-state index contributed by atoms with van der Waals surface area (Å²) in [6, 6.07) is 5.34. The van der Waals surface area contributed by atoms with Crippen molar-refractivity contribution >= 4 is 21.6 Å². The molecule has 4 nitrogen and oxygen atoms in total. The van der Waals surface area contributed by atoms with Crippen molar-refractivity contribution in [3.63, 3.8) is 0 Å². The van der Waals surface area contributed by atoms with Gasteiger partial charge in [0.1, 0.15) is 0 Å². The highest BCUT2D eigenvalue weighted by atomic mass is 35.5. The summed E-state index contributed by atoms with van der Waals surface area (Å²) in [5, 5.41) is 0.463. The second kappa shape index (κ2) is 7.41. The smallest absolute Gasteiger partial charge is 0.240 e. The minimum absolute atomic E-state index is 0.246. The summed E-state index contributed by atoms with van der Waals surface area (Å²) in [6.45, 7) is 7.00. The van der Waals surface area contributed by atoms with E-state index in [1.807, 2.05) is 7.05 Å². The van der Waals surface area contributed by atoms with Crippen molar-refractivity contribution in [2.45, 2.75) is 38.1 Å². The Morgan fingerprint density at radius 2 is 2.05 bits per heavy atom. The number of sulfonamides is 1. The zero-order valence-electron chi connectivity index (χ0n) is 12.5. The average Bonchev–Trinajstić information content (AvgIpc) is 2.40. The predicted octanol–water partition coefficient (Wildman–Crippen LogP) is 2.66. The van der Waals surface area contributed by atoms with Crippen LogP contribution in [-0.2, 0) is 10.0 Å². The summed E-state index contributed by atoms with van der Waals surface area (Å²) in [5.41, 5.74) is 0.581. The molecule has 1 aromatic carbocycles. The molecule has 0 heterocycles. The van der Waals surface area contributed by atoms with Crippen molar-refractivity contribution in [1.29, 1.82) is 0 Å². The molecule has 0 radical (unpaired) electrons. The van der Waals surface area contributed by atoms with Gasteiger partial charge in [0.15, 0.2) is 0 Å². The van der Waals surface area contributed by atoms with E-state index < -0.39 is 10.0 Å². The van der Waals surface area contributed by atoms with E-state index in [1.54, 1.807) is 25.1 Å². The van der Waals surface area contributed by atoms with Crippen LogP contribution in [0.1, 0.15) is 25.8 Å². The van der Waals surface area contributed by atoms with Crippen molar-refractivity contribution in [3.8, 4) is 0 Å². The summed E-state index contributed by atoms with van der Waals surface area (Å²) in [5.74, 6) is 0. The Hall–Kier alpha value is -0.620. The summed E-state index contributed by atoms with van der Waals surface area (Å²) in [4.78, 5) is 2.38. The molecule has 0 spiro atoms. The van der Waals surface area contributed by atoms with Gasteiger partial charge in [-0.2, -0.15) is 0 Å². The van der Waals surface area contributed by atoms with Crippen LogP contribution in [-0.4, -0.2) is 39.5 Å². The first-order valence-corrected chi connectivity index (χ1v) is 8.60. The highest BCUT2D eigenvalue weighted by Gasteiger charge is 2.18. The largest absolute Gasteiger partial charge is 0.302 e. The van der Waals surface area contributed by atoms with Crippen LogP contribution in [0.25, 0.3) is 0 Å². The Kier molecular flexibility index (Phi) is 6.45. The number of hydrogen-bond acceptors (Lipinski definition) is 3. The number of benzene rings is 1. The lowest BCUT2D eigenvalue weighted by atomic mass is 10.2. The van der Waals surface area contributed by atoms with Gasteiger partial charge in [-0.15, -0.1) is 0 Å². The van der Waals surface area contributed by atoms with Crippen LogP contribution in [0.3, 0.4) is 0 Å². The quantitative estimate of drug-likeness (QED) is 0.841. The second-order valence-corrected chi connectivity index (χ2v) is 7.14. The van der Waals surface area contributed by atoms with Gasteiger partial charge in [0, 0.05) is 24.2 Å². The molecule has 1 atom stereocenters. The van der Waals surface area contributed by atoms with Crippen molar-refractivity contribution < 1.29 is 8.42 Å². The normalized spacial score (nSPS) is 13.7. The number of likely N-dealkylation sites (N-methyl/N-ethyl adjacent to an activating group) is 1. The van der Waals surface area contributed by atoms with Crippen LogP contribution < -0.4 is 4.72 Å². The molecule has 1 rings (SSSR count). The number of hydrogen-bond donors (Lipinski definition) is 1. The summed E-state index contributed by atoms with van der Waals surface area (Å²) in [6.07, 6.45) is 1.04. The number of rotatable bonds is 7. The van der Waals surface area contributed by atoms with Crippen molar-refractivity contribution in [2.75, 3.05) is 20.1 Å². The molecule has 0 amide bonds. The molecule has 114 valence electrons. The molecule has 1 aromatic rings. The molecular weight excluding hydrogens is 296 g/mol. The van der Waals surface area contributed by atoms with Gasteiger partial charge in [0.2, 0.25) is 10.0 Å². The Balaban J connectivity index is 2.69. The molecule has 6 heteroatoms. The summed E-state index contributed by atoms with van der Waals surface area (Å²) < 4.78 is 27.1. The van der Waals surface area contributed by atoms with E-state index in [4.69, 9.17) is 11.6 Å². The monoisotopic (exact) mass is 318 g/mol. The summed E-state index contributed by atoms with van der Waals surface area (Å²) in [7, 11) is -1.51. The van der Waals surface area contributed by atoms with Gasteiger partial charge in [-0.3, -0.25) is 0 Å². The second-order valence-electron chi connectivity index (χ2n) is 5.00. The van der Waals surface area contributed by atoms with Crippen molar-refractivity contribution in [2.24, 2.45) is 0 Å². The van der Waals surface area contributed by atoms with E-state index >= 15 is 0 Å². The molecule has 0 saturated heterocycles. The van der Waals surface area contributed by atoms with E-state index in [-0.39, 0.29) is 4.90 Å². The fraction of sp³-hybridized carbons (Fsp3) is 0.571. The lowest BCUT2D eigenvalue weighted by molar-refractivity contribution is 0.256. The average molecular weight is 319 g/mol. The van der Waals surface area contributed by atoms with Crippen LogP contribution in [0.2, 0.25) is 5.02 Å². The summed E-state index contributed by atoms with van der Waals surface area (Å²) >= 11 is 5.96. The molecule has 0 aromatic heterocycles. The predicted molar refractivity (Wildman–Crippen MR) is 83.8 cm³/mol. The van der Waals surface area contributed by atoms with Crippen LogP contribution in [0, 0.1) is 6.92 Å². The Morgan fingerprint density at radius 1 is 1.40 bits per heavy atom. The maximum Gasteiger partial charge on any atom is 0.240 e. The fourth-order valence-electron chi connectivity index (χ4n) is 1.84. The molecule has 0 aliphatic carbocycles. The third kappa shape index (κ3) is 4.45. The third-order valence-electron chi connectivity index (χ3n) is 3.61. The van der Waals surface area contributed by atoms with Crippen LogP contribution in [0.5, 0.6) is 0 Å². The Bertz CT molecular complexity index is 546. The maximum atomic E-state index is 12.2. The van der Waals surface area contributed by atoms with Crippen LogP contribution in [0.15, 0.2) is 23.1 Å². The molecule has 0 saturated carbocycles. The first-order valence-electron chi connectivity index (χ1n) is 6.74. The first kappa shape index (κ1) is 17.4. The maximum absolute atomic E-state index is 12.2. The minimum atomic E-state index is -3.50. The molecule has 0 aliphatic heterocycles. The molecule has 1 N–H and O–H groups in total. The Morgan fingerprint density at radius 3 is 2.65 bits per heavy atom. The van der Waals surface area contributed by atoms with Gasteiger partial charge in [0.25, 0.3) is 0 Å². The van der Waals surface area contributed by atoms with Crippen molar-refractivity contribution in [1.82, 2.24) is 9.62 Å². The zero-order valence-corrected chi connectivity index (χ0v) is 14.1.